The Kier molecular flexibility index (Phi) is 5.22. The lowest BCUT2D eigenvalue weighted by molar-refractivity contribution is 0.191. The van der Waals surface area contributed by atoms with E-state index in [9.17, 15) is 0 Å². The summed E-state index contributed by atoms with van der Waals surface area (Å²) in [6, 6.07) is 8.13. The van der Waals surface area contributed by atoms with Crippen LogP contribution in [0, 0.1) is 0 Å². The molecule has 0 saturated heterocycles. The topological polar surface area (TPSA) is 47.3 Å². The van der Waals surface area contributed by atoms with Crippen molar-refractivity contribution >= 4 is 22.9 Å². The molecule has 88 valence electrons. The van der Waals surface area contributed by atoms with Crippen LogP contribution in [0.2, 0.25) is 0 Å². The van der Waals surface area contributed by atoms with Crippen molar-refractivity contribution in [1.29, 1.82) is 0 Å². The Labute approximate surface area is 102 Å². The summed E-state index contributed by atoms with van der Waals surface area (Å²) in [5.41, 5.74) is 7.53. The number of anilines is 1. The lowest BCUT2D eigenvalue weighted by Gasteiger charge is -2.17. The van der Waals surface area contributed by atoms with E-state index in [1.807, 2.05) is 24.3 Å². The zero-order chi connectivity index (χ0) is 12.0. The highest BCUT2D eigenvalue weighted by atomic mass is 32.1. The first-order valence-electron chi connectivity index (χ1n) is 5.29. The van der Waals surface area contributed by atoms with Gasteiger partial charge in [0.05, 0.1) is 0 Å². The molecule has 0 spiro atoms. The Bertz CT molecular complexity index is 355. The van der Waals surface area contributed by atoms with Gasteiger partial charge in [0.1, 0.15) is 4.99 Å². The molecule has 1 unspecified atom stereocenters. The van der Waals surface area contributed by atoms with Crippen molar-refractivity contribution in [3.8, 4) is 0 Å². The maximum atomic E-state index is 5.66. The van der Waals surface area contributed by atoms with E-state index in [-0.39, 0.29) is 0 Å². The first-order chi connectivity index (χ1) is 7.65. The van der Waals surface area contributed by atoms with Crippen LogP contribution in [0.1, 0.15) is 18.9 Å². The van der Waals surface area contributed by atoms with Crippen LogP contribution in [0.4, 0.5) is 5.69 Å². The van der Waals surface area contributed by atoms with Crippen molar-refractivity contribution in [2.45, 2.75) is 19.4 Å². The number of hydrogen-bond donors (Lipinski definition) is 2. The van der Waals surface area contributed by atoms with Gasteiger partial charge < -0.3 is 15.8 Å². The van der Waals surface area contributed by atoms with Crippen molar-refractivity contribution in [3.63, 3.8) is 0 Å². The number of benzene rings is 1. The van der Waals surface area contributed by atoms with Gasteiger partial charge in [-0.1, -0.05) is 24.4 Å². The van der Waals surface area contributed by atoms with Crippen LogP contribution in [-0.4, -0.2) is 24.7 Å². The fourth-order valence-electron chi connectivity index (χ4n) is 1.46. The lowest BCUT2D eigenvalue weighted by Crippen LogP contribution is -2.20. The van der Waals surface area contributed by atoms with Crippen LogP contribution in [0.15, 0.2) is 24.3 Å². The number of hydrogen-bond acceptors (Lipinski definition) is 3. The molecule has 0 aliphatic rings. The molecule has 16 heavy (non-hydrogen) atoms. The van der Waals surface area contributed by atoms with Gasteiger partial charge in [-0.25, -0.2) is 0 Å². The second kappa shape index (κ2) is 6.45. The van der Waals surface area contributed by atoms with Gasteiger partial charge in [-0.15, -0.1) is 0 Å². The Hall–Kier alpha value is -1.13. The average molecular weight is 238 g/mol. The summed E-state index contributed by atoms with van der Waals surface area (Å²) in [4.78, 5) is 0.419. The van der Waals surface area contributed by atoms with Crippen LogP contribution in [0.25, 0.3) is 0 Å². The summed E-state index contributed by atoms with van der Waals surface area (Å²) in [6.07, 6.45) is 0.947. The van der Waals surface area contributed by atoms with E-state index in [2.05, 4.69) is 12.2 Å². The molecule has 0 amide bonds. The van der Waals surface area contributed by atoms with Crippen molar-refractivity contribution in [3.05, 3.63) is 29.8 Å². The third-order valence-electron chi connectivity index (χ3n) is 2.35. The Morgan fingerprint density at radius 3 is 2.81 bits per heavy atom. The van der Waals surface area contributed by atoms with Gasteiger partial charge in [0.2, 0.25) is 0 Å². The van der Waals surface area contributed by atoms with Gasteiger partial charge in [-0.2, -0.15) is 0 Å². The number of para-hydroxylation sites is 1. The van der Waals surface area contributed by atoms with Gasteiger partial charge in [0, 0.05) is 31.0 Å². The van der Waals surface area contributed by atoms with Crippen molar-refractivity contribution in [1.82, 2.24) is 0 Å². The molecule has 0 fully saturated rings. The zero-order valence-electron chi connectivity index (χ0n) is 9.69. The van der Waals surface area contributed by atoms with Gasteiger partial charge in [0.25, 0.3) is 0 Å². The predicted molar refractivity (Wildman–Crippen MR) is 71.9 cm³/mol. The highest BCUT2D eigenvalue weighted by Crippen LogP contribution is 2.16. The molecule has 3 nitrogen and oxygen atoms in total. The molecule has 1 rings (SSSR count). The number of nitrogens with two attached hydrogens (primary N) is 1. The van der Waals surface area contributed by atoms with E-state index >= 15 is 0 Å². The molecule has 1 aromatic carbocycles. The lowest BCUT2D eigenvalue weighted by atomic mass is 10.1. The molecule has 1 aromatic rings. The molecule has 0 bridgehead atoms. The first-order valence-corrected chi connectivity index (χ1v) is 5.70. The number of methoxy groups -OCH3 is 1. The minimum absolute atomic E-state index is 0.329. The van der Waals surface area contributed by atoms with Crippen LogP contribution >= 0.6 is 12.2 Å². The quantitative estimate of drug-likeness (QED) is 0.746. The van der Waals surface area contributed by atoms with E-state index in [1.165, 1.54) is 0 Å². The molecule has 0 saturated carbocycles. The Balaban J connectivity index is 2.69. The maximum absolute atomic E-state index is 5.66. The molecule has 0 radical (unpaired) electrons. The number of rotatable bonds is 6. The molecular weight excluding hydrogens is 220 g/mol. The van der Waals surface area contributed by atoms with Crippen LogP contribution < -0.4 is 11.1 Å². The SMILES string of the molecule is COCCC(C)Nc1ccccc1C(N)=S. The minimum atomic E-state index is 0.329. The molecule has 0 aliphatic carbocycles. The highest BCUT2D eigenvalue weighted by Gasteiger charge is 2.07. The molecule has 0 aromatic heterocycles. The van der Waals surface area contributed by atoms with E-state index in [0.29, 0.717) is 11.0 Å². The van der Waals surface area contributed by atoms with Crippen molar-refractivity contribution in [2.24, 2.45) is 5.73 Å². The van der Waals surface area contributed by atoms with Gasteiger partial charge in [-0.3, -0.25) is 0 Å². The highest BCUT2D eigenvalue weighted by molar-refractivity contribution is 7.80. The van der Waals surface area contributed by atoms with E-state index < -0.39 is 0 Å². The third-order valence-corrected chi connectivity index (χ3v) is 2.57. The fraction of sp³-hybridized carbons (Fsp3) is 0.417. The van der Waals surface area contributed by atoms with Crippen molar-refractivity contribution < 1.29 is 4.74 Å². The van der Waals surface area contributed by atoms with E-state index in [0.717, 1.165) is 24.3 Å². The molecule has 0 heterocycles. The number of nitrogens with one attached hydrogen (secondary N) is 1. The predicted octanol–water partition coefficient (Wildman–Crippen LogP) is 2.16. The summed E-state index contributed by atoms with van der Waals surface area (Å²) < 4.78 is 5.04. The normalized spacial score (nSPS) is 12.1. The monoisotopic (exact) mass is 238 g/mol. The van der Waals surface area contributed by atoms with Crippen LogP contribution in [0.3, 0.4) is 0 Å². The van der Waals surface area contributed by atoms with E-state index in [4.69, 9.17) is 22.7 Å². The summed E-state index contributed by atoms with van der Waals surface area (Å²) in [5.74, 6) is 0. The summed E-state index contributed by atoms with van der Waals surface area (Å²) in [5, 5.41) is 3.38. The van der Waals surface area contributed by atoms with Crippen LogP contribution in [0.5, 0.6) is 0 Å². The van der Waals surface area contributed by atoms with Gasteiger partial charge >= 0.3 is 0 Å². The third kappa shape index (κ3) is 3.79. The minimum Gasteiger partial charge on any atom is -0.389 e. The summed E-state index contributed by atoms with van der Waals surface area (Å²) in [7, 11) is 1.70. The molecule has 3 N–H and O–H groups in total. The molecule has 0 aliphatic heterocycles. The summed E-state index contributed by atoms with van der Waals surface area (Å²) in [6.45, 7) is 2.85. The Morgan fingerprint density at radius 1 is 1.50 bits per heavy atom. The van der Waals surface area contributed by atoms with Crippen molar-refractivity contribution in [2.75, 3.05) is 19.0 Å². The van der Waals surface area contributed by atoms with Gasteiger partial charge in [0.15, 0.2) is 0 Å². The molecular formula is C12H18N2OS. The Morgan fingerprint density at radius 2 is 2.19 bits per heavy atom. The fourth-order valence-corrected chi connectivity index (χ4v) is 1.63. The number of thiocarbonyl (C=S) groups is 1. The zero-order valence-corrected chi connectivity index (χ0v) is 10.5. The number of ether oxygens (including phenoxy) is 1. The first kappa shape index (κ1) is 12.9. The summed E-state index contributed by atoms with van der Waals surface area (Å²) >= 11 is 5.00. The standard InChI is InChI=1S/C12H18N2OS/c1-9(7-8-15-2)14-11-6-4-3-5-10(11)12(13)16/h3-6,9,14H,7-8H2,1-2H3,(H2,13,16). The second-order valence-electron chi connectivity index (χ2n) is 3.74. The van der Waals surface area contributed by atoms with E-state index in [1.54, 1.807) is 7.11 Å². The molecule has 4 heteroatoms. The average Bonchev–Trinajstić information content (AvgIpc) is 2.27. The van der Waals surface area contributed by atoms with Gasteiger partial charge in [-0.05, 0) is 25.5 Å². The maximum Gasteiger partial charge on any atom is 0.106 e. The smallest absolute Gasteiger partial charge is 0.106 e. The molecule has 1 atom stereocenters. The second-order valence-corrected chi connectivity index (χ2v) is 4.18. The van der Waals surface area contributed by atoms with Crippen LogP contribution in [-0.2, 0) is 4.74 Å². The largest absolute Gasteiger partial charge is 0.389 e.